The molecule has 4 aromatic heterocycles. The second kappa shape index (κ2) is 35.7. The highest BCUT2D eigenvalue weighted by Crippen LogP contribution is 2.44. The number of carbonyl (C=O) groups excluding carboxylic acids is 9. The molecule has 0 bridgehead atoms. The second-order valence-corrected chi connectivity index (χ2v) is 23.3. The van der Waals surface area contributed by atoms with Crippen LogP contribution in [-0.2, 0) is 119 Å². The fourth-order valence-electron chi connectivity index (χ4n) is 10.6. The van der Waals surface area contributed by atoms with E-state index in [1.54, 1.807) is 20.8 Å². The van der Waals surface area contributed by atoms with Gasteiger partial charge in [0.2, 0.25) is 0 Å². The number of hydrazine groups is 4. The number of hydrogen-bond acceptors (Lipinski definition) is 27. The molecule has 1 aliphatic carbocycles. The first-order valence-corrected chi connectivity index (χ1v) is 31.6. The number of esters is 5. The number of nitrogens with zero attached hydrogens (tertiary/aromatic N) is 8. The van der Waals surface area contributed by atoms with E-state index in [1.165, 1.54) is 27.7 Å². The molecule has 0 unspecified atom stereocenters. The molecule has 39 heteroatoms. The molecule has 4 heterocycles. The van der Waals surface area contributed by atoms with Gasteiger partial charge in [0.1, 0.15) is 64.6 Å². The molecule has 0 saturated heterocycles. The molecular weight excluding hydrogens is 1350 g/mol. The van der Waals surface area contributed by atoms with Crippen LogP contribution >= 0.6 is 0 Å². The van der Waals surface area contributed by atoms with Gasteiger partial charge in [0.25, 0.3) is 40.0 Å². The number of aromatic nitrogens is 8. The maximum absolute atomic E-state index is 14.2. The largest absolute Gasteiger partial charge is 0.465 e. The van der Waals surface area contributed by atoms with Crippen LogP contribution in [0.5, 0.6) is 0 Å². The molecule has 1 aliphatic rings. The predicted octanol–water partition coefficient (Wildman–Crippen LogP) is -3.46. The van der Waals surface area contributed by atoms with Crippen LogP contribution in [0, 0.1) is 0 Å². The Kier molecular flexibility index (Phi) is 27.1. The molecule has 0 radical (unpaired) electrons. The van der Waals surface area contributed by atoms with E-state index in [2.05, 4.69) is 21.7 Å². The highest BCUT2D eigenvalue weighted by atomic mass is 16.6. The van der Waals surface area contributed by atoms with E-state index in [0.717, 1.165) is 75.7 Å². The van der Waals surface area contributed by atoms with Gasteiger partial charge in [-0.05, 0) is 70.7 Å². The summed E-state index contributed by atoms with van der Waals surface area (Å²) in [6, 6.07) is 18.6. The van der Waals surface area contributed by atoms with Crippen molar-refractivity contribution in [3.63, 3.8) is 0 Å². The Balaban J connectivity index is 1.10. The summed E-state index contributed by atoms with van der Waals surface area (Å²) in [5, 5.41) is 3.52. The van der Waals surface area contributed by atoms with E-state index in [1.807, 2.05) is 68.5 Å². The van der Waals surface area contributed by atoms with Crippen molar-refractivity contribution in [2.24, 2.45) is 0 Å². The number of H-pyrrole nitrogens is 4. The zero-order valence-corrected chi connectivity index (χ0v) is 56.5. The number of amides is 4. The molecule has 0 atom stereocenters. The van der Waals surface area contributed by atoms with Crippen LogP contribution in [0.4, 0.5) is 4.79 Å². The van der Waals surface area contributed by atoms with Crippen LogP contribution in [0.3, 0.4) is 0 Å². The summed E-state index contributed by atoms with van der Waals surface area (Å²) in [5.41, 5.74) is 2.40. The average Bonchev–Trinajstić information content (AvgIpc) is 1.61. The Morgan fingerprint density at radius 2 is 0.686 bits per heavy atom. The third kappa shape index (κ3) is 22.5. The quantitative estimate of drug-likeness (QED) is 0.0111. The molecule has 8 N–H and O–H groups in total. The fraction of sp³-hybridized carbons (Fsp3) is 0.413. The van der Waals surface area contributed by atoms with Crippen molar-refractivity contribution in [2.75, 3.05) is 59.2 Å². The van der Waals surface area contributed by atoms with E-state index in [0.29, 0.717) is 9.13 Å². The number of benzene rings is 2. The summed E-state index contributed by atoms with van der Waals surface area (Å²) < 4.78 is 34.3. The molecular formula is C63H76N16O23. The van der Waals surface area contributed by atoms with Crippen LogP contribution in [-0.4, -0.2) is 177 Å². The van der Waals surface area contributed by atoms with Gasteiger partial charge in [0.15, 0.2) is 0 Å². The molecule has 0 aliphatic heterocycles. The maximum Gasteiger partial charge on any atom is 0.421 e. The fourth-order valence-corrected chi connectivity index (χ4v) is 10.6. The Hall–Kier alpha value is -12.0. The summed E-state index contributed by atoms with van der Waals surface area (Å²) in [5.74, 6) is -8.42. The molecule has 0 fully saturated rings. The van der Waals surface area contributed by atoms with Gasteiger partial charge in [-0.25, -0.2) is 44.0 Å². The van der Waals surface area contributed by atoms with Crippen molar-refractivity contribution in [3.05, 3.63) is 190 Å². The average molecular weight is 1430 g/mol. The third-order valence-corrected chi connectivity index (χ3v) is 14.4. The van der Waals surface area contributed by atoms with Gasteiger partial charge in [0.05, 0.1) is 52.6 Å². The van der Waals surface area contributed by atoms with Crippen molar-refractivity contribution < 1.29 is 71.6 Å². The van der Waals surface area contributed by atoms with Gasteiger partial charge in [-0.1, -0.05) is 48.5 Å². The Morgan fingerprint density at radius 1 is 0.402 bits per heavy atom. The zero-order chi connectivity index (χ0) is 74.5. The maximum atomic E-state index is 14.2. The molecule has 2 aromatic carbocycles. The lowest BCUT2D eigenvalue weighted by molar-refractivity contribution is -0.156. The van der Waals surface area contributed by atoms with Crippen LogP contribution in [0.15, 0.2) is 111 Å². The summed E-state index contributed by atoms with van der Waals surface area (Å²) in [6.07, 6.45) is -1.05. The van der Waals surface area contributed by atoms with E-state index in [-0.39, 0.29) is 61.7 Å². The SMILES string of the molecule is CCOC(=O)CN(Cc1cc(=O)[nH]c(=O)n1CC(=O)NN(CC(=O)OCC)Cc1cc(=O)[nH]c(=O)n1CC(=O)OC(C)(C)C)NC(=O)Cn1c(CN(CC(=O)OCC)NC(=O)Cn2c(CN(CC(=O)OCC)NC(=O)OCC3c4ccccc4-c4ccccc43)cc(=O)[nH]c2=O)cc(=O)[nH]c1=O. The van der Waals surface area contributed by atoms with Crippen molar-refractivity contribution in [1.82, 2.24) is 79.9 Å². The van der Waals surface area contributed by atoms with Gasteiger partial charge >= 0.3 is 58.7 Å². The van der Waals surface area contributed by atoms with Gasteiger partial charge in [0, 0.05) is 53.0 Å². The normalized spacial score (nSPS) is 11.8. The Bertz CT molecular complexity index is 4590. The number of ether oxygens (including phenoxy) is 6. The summed E-state index contributed by atoms with van der Waals surface area (Å²) in [7, 11) is 0. The molecule has 7 rings (SSSR count). The molecule has 0 saturated carbocycles. The first-order chi connectivity index (χ1) is 48.4. The topological polar surface area (TPSA) is 490 Å². The van der Waals surface area contributed by atoms with Crippen LogP contribution < -0.4 is 66.7 Å². The van der Waals surface area contributed by atoms with Crippen LogP contribution in [0.2, 0.25) is 0 Å². The van der Waals surface area contributed by atoms with Crippen LogP contribution in [0.1, 0.15) is 88.3 Å². The lowest BCUT2D eigenvalue weighted by atomic mass is 9.98. The molecule has 4 amide bonds. The molecule has 39 nitrogen and oxygen atoms in total. The van der Waals surface area contributed by atoms with Gasteiger partial charge in [-0.3, -0.25) is 117 Å². The lowest BCUT2D eigenvalue weighted by Crippen LogP contribution is -2.51. The Labute approximate surface area is 576 Å². The highest BCUT2D eigenvalue weighted by Gasteiger charge is 2.31. The molecule has 0 spiro atoms. The number of rotatable bonds is 34. The van der Waals surface area contributed by atoms with Gasteiger partial charge < -0.3 is 28.4 Å². The number of aromatic amines is 4. The van der Waals surface area contributed by atoms with Crippen molar-refractivity contribution >= 4 is 53.7 Å². The number of fused-ring (bicyclic) bond motifs is 3. The number of hydrogen-bond donors (Lipinski definition) is 8. The first kappa shape index (κ1) is 77.4. The molecule has 546 valence electrons. The number of carbonyl (C=O) groups is 9. The van der Waals surface area contributed by atoms with Crippen LogP contribution in [0.25, 0.3) is 11.1 Å². The standard InChI is InChI=1S/C63H76N16O23/c1-8-97-53(87)31-72(24-38-21-47(81)65-59(93)77(38)29-51(85)70-74(33-55(89)99-10-3)26-40-23-49(83)67-61(95)79(40)35-57(91)102-63(5,6)7)68-50(84)28-76-37(20-46(80)64-58(76)92)25-73(32-54(88)98-9-2)69-52(86)30-78-39(22-48(82)66-60(78)94)27-75(34-56(90)100-11-4)71-62(96)101-36-45-43-18-14-12-16-41(43)42-17-13-15-19-44(42)45/h12-23,45H,8-11,24-36H2,1-7H3,(H,68,84)(H,69,86)(H,70,85)(H,71,96)(H,64,80,92)(H,65,81,93)(H,66,82,94)(H,67,83,95). The monoisotopic (exact) mass is 1420 g/mol. The summed E-state index contributed by atoms with van der Waals surface area (Å²) >= 11 is 0. The minimum absolute atomic E-state index is 0.0755. The van der Waals surface area contributed by atoms with E-state index in [4.69, 9.17) is 28.4 Å². The third-order valence-electron chi connectivity index (χ3n) is 14.4. The minimum Gasteiger partial charge on any atom is -0.465 e. The van der Waals surface area contributed by atoms with E-state index < -0.39 is 183 Å². The lowest BCUT2D eigenvalue weighted by Gasteiger charge is -2.26. The molecule has 102 heavy (non-hydrogen) atoms. The van der Waals surface area contributed by atoms with Crippen molar-refractivity contribution in [1.29, 1.82) is 0 Å². The summed E-state index contributed by atoms with van der Waals surface area (Å²) in [4.78, 5) is 234. The van der Waals surface area contributed by atoms with E-state index in [9.17, 15) is 81.5 Å². The zero-order valence-electron chi connectivity index (χ0n) is 56.5. The highest BCUT2D eigenvalue weighted by molar-refractivity contribution is 5.80. The van der Waals surface area contributed by atoms with Crippen molar-refractivity contribution in [2.45, 2.75) is 112 Å². The predicted molar refractivity (Wildman–Crippen MR) is 352 cm³/mol. The first-order valence-electron chi connectivity index (χ1n) is 31.6. The number of nitrogens with one attached hydrogen (secondary N) is 8. The van der Waals surface area contributed by atoms with Crippen molar-refractivity contribution in [3.8, 4) is 11.1 Å². The van der Waals surface area contributed by atoms with Gasteiger partial charge in [-0.15, -0.1) is 0 Å². The smallest absolute Gasteiger partial charge is 0.421 e. The minimum atomic E-state index is -1.24. The molecule has 6 aromatic rings. The van der Waals surface area contributed by atoms with Gasteiger partial charge in [-0.2, -0.15) is 0 Å². The second-order valence-electron chi connectivity index (χ2n) is 23.3. The summed E-state index contributed by atoms with van der Waals surface area (Å²) in [6.45, 7) is 0.265. The van der Waals surface area contributed by atoms with E-state index >= 15 is 0 Å². The Morgan fingerprint density at radius 3 is 0.980 bits per heavy atom.